The van der Waals surface area contributed by atoms with Crippen LogP contribution >= 0.6 is 11.6 Å². The first-order valence-electron chi connectivity index (χ1n) is 5.91. The Labute approximate surface area is 102 Å². The molecule has 1 saturated carbocycles. The lowest BCUT2D eigenvalue weighted by atomic mass is 9.98. The van der Waals surface area contributed by atoms with E-state index in [0.29, 0.717) is 12.7 Å². The van der Waals surface area contributed by atoms with E-state index in [1.54, 1.807) is 6.07 Å². The van der Waals surface area contributed by atoms with Crippen molar-refractivity contribution in [3.8, 4) is 0 Å². The number of benzene rings is 1. The van der Waals surface area contributed by atoms with Crippen LogP contribution in [0, 0.1) is 0 Å². The summed E-state index contributed by atoms with van der Waals surface area (Å²) >= 11 is 5.93. The summed E-state index contributed by atoms with van der Waals surface area (Å²) in [4.78, 5) is 0. The van der Waals surface area contributed by atoms with Gasteiger partial charge in [0, 0.05) is 16.3 Å². The van der Waals surface area contributed by atoms with Gasteiger partial charge in [-0.05, 0) is 31.0 Å². The van der Waals surface area contributed by atoms with Gasteiger partial charge in [-0.1, -0.05) is 30.9 Å². The first kappa shape index (κ1) is 11.7. The van der Waals surface area contributed by atoms with E-state index in [1.165, 1.54) is 32.1 Å². The third kappa shape index (κ3) is 3.13. The molecule has 1 fully saturated rings. The number of nitrogens with two attached hydrogens (primary N) is 1. The fourth-order valence-corrected chi connectivity index (χ4v) is 2.33. The highest BCUT2D eigenvalue weighted by molar-refractivity contribution is 6.30. The molecule has 2 rings (SSSR count). The van der Waals surface area contributed by atoms with Crippen LogP contribution in [-0.4, -0.2) is 6.10 Å². The van der Waals surface area contributed by atoms with Crippen molar-refractivity contribution in [1.29, 1.82) is 0 Å². The van der Waals surface area contributed by atoms with Crippen molar-refractivity contribution in [2.45, 2.75) is 44.8 Å². The van der Waals surface area contributed by atoms with Gasteiger partial charge in [-0.3, -0.25) is 0 Å². The third-order valence-electron chi connectivity index (χ3n) is 3.13. The van der Waals surface area contributed by atoms with Gasteiger partial charge >= 0.3 is 0 Å². The van der Waals surface area contributed by atoms with Crippen LogP contribution in [0.25, 0.3) is 0 Å². The van der Waals surface area contributed by atoms with Crippen LogP contribution in [0.3, 0.4) is 0 Å². The lowest BCUT2D eigenvalue weighted by molar-refractivity contribution is 0.0171. The number of hydrogen-bond donors (Lipinski definition) is 1. The second kappa shape index (κ2) is 5.55. The Morgan fingerprint density at radius 2 is 2.00 bits per heavy atom. The summed E-state index contributed by atoms with van der Waals surface area (Å²) in [6.45, 7) is 0.580. The van der Waals surface area contributed by atoms with Crippen molar-refractivity contribution in [1.82, 2.24) is 0 Å². The lowest BCUT2D eigenvalue weighted by Gasteiger charge is -2.22. The molecule has 88 valence electrons. The molecule has 0 radical (unpaired) electrons. The smallest absolute Gasteiger partial charge is 0.0741 e. The molecule has 1 aromatic carbocycles. The molecule has 0 heterocycles. The number of ether oxygens (including phenoxy) is 1. The summed E-state index contributed by atoms with van der Waals surface area (Å²) in [5.74, 6) is 0. The van der Waals surface area contributed by atoms with Gasteiger partial charge in [0.2, 0.25) is 0 Å². The highest BCUT2D eigenvalue weighted by Gasteiger charge is 2.14. The summed E-state index contributed by atoms with van der Waals surface area (Å²) in [5, 5.41) is 0.719. The van der Waals surface area contributed by atoms with E-state index in [9.17, 15) is 0 Å². The molecule has 0 atom stereocenters. The molecule has 0 unspecified atom stereocenters. The second-order valence-corrected chi connectivity index (χ2v) is 4.85. The number of hydrogen-bond acceptors (Lipinski definition) is 2. The maximum atomic E-state index is 5.93. The molecule has 1 aliphatic rings. The van der Waals surface area contributed by atoms with Gasteiger partial charge in [0.05, 0.1) is 12.7 Å². The zero-order valence-electron chi connectivity index (χ0n) is 9.42. The Bertz CT molecular complexity index is 348. The largest absolute Gasteiger partial charge is 0.398 e. The van der Waals surface area contributed by atoms with E-state index < -0.39 is 0 Å². The Balaban J connectivity index is 1.90. The molecule has 0 bridgehead atoms. The van der Waals surface area contributed by atoms with Gasteiger partial charge in [0.15, 0.2) is 0 Å². The lowest BCUT2D eigenvalue weighted by Crippen LogP contribution is -2.16. The second-order valence-electron chi connectivity index (χ2n) is 4.41. The SMILES string of the molecule is Nc1ccc(Cl)cc1COC1CCCCC1. The minimum absolute atomic E-state index is 0.409. The number of nitrogen functional groups attached to an aromatic ring is 1. The topological polar surface area (TPSA) is 35.2 Å². The molecule has 0 saturated heterocycles. The highest BCUT2D eigenvalue weighted by atomic mass is 35.5. The zero-order valence-corrected chi connectivity index (χ0v) is 10.2. The van der Waals surface area contributed by atoms with Gasteiger partial charge in [0.1, 0.15) is 0 Å². The molecule has 16 heavy (non-hydrogen) atoms. The average Bonchev–Trinajstić information content (AvgIpc) is 2.32. The van der Waals surface area contributed by atoms with Crippen molar-refractivity contribution in [3.63, 3.8) is 0 Å². The van der Waals surface area contributed by atoms with E-state index in [2.05, 4.69) is 0 Å². The fraction of sp³-hybridized carbons (Fsp3) is 0.538. The number of anilines is 1. The molecule has 3 heteroatoms. The van der Waals surface area contributed by atoms with Crippen LogP contribution in [0.15, 0.2) is 18.2 Å². The molecule has 1 aromatic rings. The Kier molecular flexibility index (Phi) is 4.08. The first-order valence-corrected chi connectivity index (χ1v) is 6.29. The van der Waals surface area contributed by atoms with E-state index in [4.69, 9.17) is 22.1 Å². The standard InChI is InChI=1S/C13H18ClNO/c14-11-6-7-13(15)10(8-11)9-16-12-4-2-1-3-5-12/h6-8,12H,1-5,9,15H2. The Morgan fingerprint density at radius 3 is 2.75 bits per heavy atom. The zero-order chi connectivity index (χ0) is 11.4. The van der Waals surface area contributed by atoms with E-state index in [0.717, 1.165) is 16.3 Å². The maximum Gasteiger partial charge on any atom is 0.0741 e. The van der Waals surface area contributed by atoms with Gasteiger partial charge in [-0.2, -0.15) is 0 Å². The Morgan fingerprint density at radius 1 is 1.25 bits per heavy atom. The molecule has 0 spiro atoms. The van der Waals surface area contributed by atoms with Crippen LogP contribution in [0.2, 0.25) is 5.02 Å². The molecular formula is C13H18ClNO. The molecule has 2 nitrogen and oxygen atoms in total. The molecule has 0 amide bonds. The monoisotopic (exact) mass is 239 g/mol. The van der Waals surface area contributed by atoms with Gasteiger partial charge < -0.3 is 10.5 Å². The molecule has 2 N–H and O–H groups in total. The number of rotatable bonds is 3. The van der Waals surface area contributed by atoms with Crippen molar-refractivity contribution in [2.75, 3.05) is 5.73 Å². The minimum Gasteiger partial charge on any atom is -0.398 e. The highest BCUT2D eigenvalue weighted by Crippen LogP contribution is 2.24. The van der Waals surface area contributed by atoms with Crippen molar-refractivity contribution in [3.05, 3.63) is 28.8 Å². The normalized spacial score (nSPS) is 17.6. The third-order valence-corrected chi connectivity index (χ3v) is 3.37. The molecule has 0 aromatic heterocycles. The fourth-order valence-electron chi connectivity index (χ4n) is 2.14. The predicted molar refractivity (Wildman–Crippen MR) is 67.5 cm³/mol. The number of halogens is 1. The summed E-state index contributed by atoms with van der Waals surface area (Å²) in [6, 6.07) is 5.53. The first-order chi connectivity index (χ1) is 7.75. The molecule has 0 aliphatic heterocycles. The van der Waals surface area contributed by atoms with Gasteiger partial charge in [0.25, 0.3) is 0 Å². The van der Waals surface area contributed by atoms with Crippen LogP contribution in [0.1, 0.15) is 37.7 Å². The molecule has 1 aliphatic carbocycles. The predicted octanol–water partition coefficient (Wildman–Crippen LogP) is 3.77. The maximum absolute atomic E-state index is 5.93. The summed E-state index contributed by atoms with van der Waals surface area (Å²) in [6.07, 6.45) is 6.69. The quantitative estimate of drug-likeness (QED) is 0.815. The van der Waals surface area contributed by atoms with E-state index >= 15 is 0 Å². The van der Waals surface area contributed by atoms with Crippen molar-refractivity contribution < 1.29 is 4.74 Å². The average molecular weight is 240 g/mol. The van der Waals surface area contributed by atoms with Crippen LogP contribution in [0.5, 0.6) is 0 Å². The van der Waals surface area contributed by atoms with Crippen LogP contribution in [0.4, 0.5) is 5.69 Å². The van der Waals surface area contributed by atoms with Gasteiger partial charge in [-0.25, -0.2) is 0 Å². The minimum atomic E-state index is 0.409. The Hall–Kier alpha value is -0.730. The van der Waals surface area contributed by atoms with Gasteiger partial charge in [-0.15, -0.1) is 0 Å². The van der Waals surface area contributed by atoms with Crippen LogP contribution in [-0.2, 0) is 11.3 Å². The summed E-state index contributed by atoms with van der Waals surface area (Å²) < 4.78 is 5.87. The summed E-state index contributed by atoms with van der Waals surface area (Å²) in [5.41, 5.74) is 7.63. The van der Waals surface area contributed by atoms with Crippen molar-refractivity contribution in [2.24, 2.45) is 0 Å². The van der Waals surface area contributed by atoms with Crippen LogP contribution < -0.4 is 5.73 Å². The van der Waals surface area contributed by atoms with Crippen molar-refractivity contribution >= 4 is 17.3 Å². The van der Waals surface area contributed by atoms with E-state index in [-0.39, 0.29) is 0 Å². The van der Waals surface area contributed by atoms with E-state index in [1.807, 2.05) is 12.1 Å². The summed E-state index contributed by atoms with van der Waals surface area (Å²) in [7, 11) is 0. The molecular weight excluding hydrogens is 222 g/mol.